The van der Waals surface area contributed by atoms with Crippen LogP contribution in [0.2, 0.25) is 5.02 Å². The molecule has 0 amide bonds. The maximum absolute atomic E-state index is 12.1. The minimum Gasteiger partial charge on any atom is -0.462 e. The van der Waals surface area contributed by atoms with Gasteiger partial charge >= 0.3 is 11.9 Å². The van der Waals surface area contributed by atoms with E-state index in [4.69, 9.17) is 21.1 Å². The number of esters is 2. The minimum absolute atomic E-state index is 0.125. The van der Waals surface area contributed by atoms with Crippen molar-refractivity contribution in [2.45, 2.75) is 27.7 Å². The zero-order valence-electron chi connectivity index (χ0n) is 12.2. The molecule has 1 aromatic rings. The van der Waals surface area contributed by atoms with Gasteiger partial charge in [-0.2, -0.15) is 0 Å². The minimum atomic E-state index is -0.578. The largest absolute Gasteiger partial charge is 0.462 e. The van der Waals surface area contributed by atoms with Gasteiger partial charge in [0.2, 0.25) is 0 Å². The highest BCUT2D eigenvalue weighted by Crippen LogP contribution is 2.20. The summed E-state index contributed by atoms with van der Waals surface area (Å²) in [6.45, 7) is 8.03. The lowest BCUT2D eigenvalue weighted by Crippen LogP contribution is -2.20. The molecule has 0 aliphatic rings. The highest BCUT2D eigenvalue weighted by molar-refractivity contribution is 6.31. The third-order valence-electron chi connectivity index (χ3n) is 2.33. The predicted molar refractivity (Wildman–Crippen MR) is 77.1 cm³/mol. The molecule has 0 heterocycles. The van der Waals surface area contributed by atoms with Gasteiger partial charge < -0.3 is 9.47 Å². The first-order valence-electron chi connectivity index (χ1n) is 6.38. The third kappa shape index (κ3) is 4.85. The molecule has 0 saturated carbocycles. The lowest BCUT2D eigenvalue weighted by atomic mass is 9.98. The van der Waals surface area contributed by atoms with Crippen LogP contribution in [-0.2, 0) is 9.47 Å². The molecule has 0 radical (unpaired) electrons. The van der Waals surface area contributed by atoms with Gasteiger partial charge in [-0.3, -0.25) is 0 Å². The summed E-state index contributed by atoms with van der Waals surface area (Å²) in [6, 6.07) is 4.42. The maximum atomic E-state index is 12.1. The number of ether oxygens (including phenoxy) is 2. The molecule has 0 spiro atoms. The summed E-state index contributed by atoms with van der Waals surface area (Å²) < 4.78 is 10.1. The number of hydrogen-bond acceptors (Lipinski definition) is 4. The lowest BCUT2D eigenvalue weighted by molar-refractivity contribution is 0.0355. The number of rotatable bonds is 4. The predicted octanol–water partition coefficient (Wildman–Crippen LogP) is 3.72. The molecule has 110 valence electrons. The second-order valence-corrected chi connectivity index (χ2v) is 5.98. The molecule has 1 aromatic carbocycles. The lowest BCUT2D eigenvalue weighted by Gasteiger charge is -2.18. The Balaban J connectivity index is 3.00. The van der Waals surface area contributed by atoms with E-state index in [-0.39, 0.29) is 29.8 Å². The van der Waals surface area contributed by atoms with Crippen molar-refractivity contribution in [3.63, 3.8) is 0 Å². The summed E-state index contributed by atoms with van der Waals surface area (Å²) in [5.41, 5.74) is 0.133. The van der Waals surface area contributed by atoms with Crippen molar-refractivity contribution in [3.05, 3.63) is 34.3 Å². The quantitative estimate of drug-likeness (QED) is 0.795. The summed E-state index contributed by atoms with van der Waals surface area (Å²) in [5.74, 6) is -1.14. The first kappa shape index (κ1) is 16.5. The standard InChI is InChI=1S/C15H19ClO4/c1-5-19-13(17)11-7-6-10(16)8-12(11)14(18)20-9-15(2,3)4/h6-8H,5,9H2,1-4H3. The van der Waals surface area contributed by atoms with Gasteiger partial charge in [0.1, 0.15) is 0 Å². The zero-order valence-corrected chi connectivity index (χ0v) is 12.9. The summed E-state index contributed by atoms with van der Waals surface area (Å²) >= 11 is 5.87. The van der Waals surface area contributed by atoms with Gasteiger partial charge in [-0.15, -0.1) is 0 Å². The summed E-state index contributed by atoms with van der Waals surface area (Å²) in [6.07, 6.45) is 0. The molecule has 0 saturated heterocycles. The summed E-state index contributed by atoms with van der Waals surface area (Å²) in [5, 5.41) is 0.362. The molecular formula is C15H19ClO4. The average Bonchev–Trinajstić information content (AvgIpc) is 2.35. The van der Waals surface area contributed by atoms with E-state index in [9.17, 15) is 9.59 Å². The van der Waals surface area contributed by atoms with E-state index in [0.29, 0.717) is 5.02 Å². The zero-order chi connectivity index (χ0) is 15.3. The average molecular weight is 299 g/mol. The van der Waals surface area contributed by atoms with Gasteiger partial charge in [-0.25, -0.2) is 9.59 Å². The Morgan fingerprint density at radius 2 is 1.70 bits per heavy atom. The summed E-state index contributed by atoms with van der Waals surface area (Å²) in [4.78, 5) is 23.9. The van der Waals surface area contributed by atoms with Crippen LogP contribution in [-0.4, -0.2) is 25.2 Å². The molecule has 1 rings (SSSR count). The van der Waals surface area contributed by atoms with Crippen LogP contribution >= 0.6 is 11.6 Å². The van der Waals surface area contributed by atoms with Crippen molar-refractivity contribution in [3.8, 4) is 0 Å². The van der Waals surface area contributed by atoms with Crippen molar-refractivity contribution in [1.29, 1.82) is 0 Å². The topological polar surface area (TPSA) is 52.6 Å². The van der Waals surface area contributed by atoms with Crippen molar-refractivity contribution in [2.24, 2.45) is 5.41 Å². The number of hydrogen-bond donors (Lipinski definition) is 0. The van der Waals surface area contributed by atoms with E-state index in [1.807, 2.05) is 20.8 Å². The fourth-order valence-electron chi connectivity index (χ4n) is 1.43. The van der Waals surface area contributed by atoms with Crippen molar-refractivity contribution >= 4 is 23.5 Å². The Morgan fingerprint density at radius 3 is 2.25 bits per heavy atom. The van der Waals surface area contributed by atoms with E-state index in [0.717, 1.165) is 0 Å². The van der Waals surface area contributed by atoms with Crippen molar-refractivity contribution in [2.75, 3.05) is 13.2 Å². The first-order chi connectivity index (χ1) is 9.24. The van der Waals surface area contributed by atoms with Gasteiger partial charge in [-0.1, -0.05) is 32.4 Å². The van der Waals surface area contributed by atoms with Crippen LogP contribution in [0.25, 0.3) is 0 Å². The molecule has 0 aliphatic carbocycles. The first-order valence-corrected chi connectivity index (χ1v) is 6.76. The monoisotopic (exact) mass is 298 g/mol. The molecule has 0 aromatic heterocycles. The van der Waals surface area contributed by atoms with Crippen LogP contribution in [0.15, 0.2) is 18.2 Å². The molecule has 20 heavy (non-hydrogen) atoms. The van der Waals surface area contributed by atoms with Crippen molar-refractivity contribution in [1.82, 2.24) is 0 Å². The van der Waals surface area contributed by atoms with E-state index >= 15 is 0 Å². The van der Waals surface area contributed by atoms with Gasteiger partial charge in [0.05, 0.1) is 24.3 Å². The molecule has 0 unspecified atom stereocenters. The molecule has 5 heteroatoms. The number of benzene rings is 1. The SMILES string of the molecule is CCOC(=O)c1ccc(Cl)cc1C(=O)OCC(C)(C)C. The fraction of sp³-hybridized carbons (Fsp3) is 0.467. The Morgan fingerprint density at radius 1 is 1.10 bits per heavy atom. The van der Waals surface area contributed by atoms with Crippen LogP contribution in [0, 0.1) is 5.41 Å². The Kier molecular flexibility index (Phi) is 5.57. The smallest absolute Gasteiger partial charge is 0.339 e. The van der Waals surface area contributed by atoms with Crippen LogP contribution in [0.5, 0.6) is 0 Å². The van der Waals surface area contributed by atoms with Gasteiger partial charge in [0, 0.05) is 5.02 Å². The van der Waals surface area contributed by atoms with Gasteiger partial charge in [-0.05, 0) is 30.5 Å². The number of carbonyl (C=O) groups is 2. The Bertz CT molecular complexity index is 503. The van der Waals surface area contributed by atoms with Crippen LogP contribution in [0.1, 0.15) is 48.4 Å². The second-order valence-electron chi connectivity index (χ2n) is 5.55. The van der Waals surface area contributed by atoms with Gasteiger partial charge in [0.25, 0.3) is 0 Å². The van der Waals surface area contributed by atoms with E-state index in [2.05, 4.69) is 0 Å². The van der Waals surface area contributed by atoms with Gasteiger partial charge in [0.15, 0.2) is 0 Å². The summed E-state index contributed by atoms with van der Waals surface area (Å²) in [7, 11) is 0. The van der Waals surface area contributed by atoms with Crippen LogP contribution in [0.3, 0.4) is 0 Å². The molecule has 0 atom stereocenters. The molecular weight excluding hydrogens is 280 g/mol. The second kappa shape index (κ2) is 6.75. The van der Waals surface area contributed by atoms with Crippen molar-refractivity contribution < 1.29 is 19.1 Å². The van der Waals surface area contributed by atoms with Crippen LogP contribution in [0.4, 0.5) is 0 Å². The Labute approximate surface area is 124 Å². The van der Waals surface area contributed by atoms with E-state index in [1.165, 1.54) is 18.2 Å². The molecule has 0 aliphatic heterocycles. The van der Waals surface area contributed by atoms with Crippen LogP contribution < -0.4 is 0 Å². The highest BCUT2D eigenvalue weighted by Gasteiger charge is 2.21. The third-order valence-corrected chi connectivity index (χ3v) is 2.57. The fourth-order valence-corrected chi connectivity index (χ4v) is 1.60. The number of carbonyl (C=O) groups excluding carboxylic acids is 2. The van der Waals surface area contributed by atoms with E-state index in [1.54, 1.807) is 6.92 Å². The molecule has 0 fully saturated rings. The van der Waals surface area contributed by atoms with E-state index < -0.39 is 11.9 Å². The number of halogens is 1. The molecule has 0 bridgehead atoms. The normalized spacial score (nSPS) is 11.1. The molecule has 0 N–H and O–H groups in total. The maximum Gasteiger partial charge on any atom is 0.339 e. The Hall–Kier alpha value is -1.55. The molecule has 4 nitrogen and oxygen atoms in total. The highest BCUT2D eigenvalue weighted by atomic mass is 35.5.